The second-order valence-corrected chi connectivity index (χ2v) is 6.32. The number of amides is 2. The van der Waals surface area contributed by atoms with Crippen molar-refractivity contribution >= 4 is 34.1 Å². The van der Waals surface area contributed by atoms with Gasteiger partial charge in [0, 0.05) is 48.0 Å². The number of hydrogen-bond acceptors (Lipinski definition) is 5. The van der Waals surface area contributed by atoms with Gasteiger partial charge in [0.1, 0.15) is 0 Å². The molecule has 0 aliphatic carbocycles. The number of halogens is 1. The first-order chi connectivity index (χ1) is 13.8. The van der Waals surface area contributed by atoms with Crippen LogP contribution in [0.4, 0.5) is 15.8 Å². The van der Waals surface area contributed by atoms with Crippen molar-refractivity contribution in [3.05, 3.63) is 70.2 Å². The van der Waals surface area contributed by atoms with E-state index >= 15 is 0 Å². The molecule has 0 aliphatic heterocycles. The molecule has 3 N–H and O–H groups in total. The van der Waals surface area contributed by atoms with Crippen molar-refractivity contribution in [3.63, 3.8) is 0 Å². The Morgan fingerprint density at radius 1 is 1.24 bits per heavy atom. The van der Waals surface area contributed by atoms with E-state index in [2.05, 4.69) is 10.6 Å². The number of nitro benzene ring substituents is 1. The van der Waals surface area contributed by atoms with E-state index < -0.39 is 34.3 Å². The third kappa shape index (κ3) is 4.22. The van der Waals surface area contributed by atoms with Gasteiger partial charge >= 0.3 is 17.5 Å². The van der Waals surface area contributed by atoms with E-state index in [4.69, 9.17) is 0 Å². The Bertz CT molecular complexity index is 1110. The number of nitrogens with zero attached hydrogens (tertiary/aromatic N) is 2. The number of para-hydroxylation sites is 1. The third-order valence-corrected chi connectivity index (χ3v) is 4.35. The number of aliphatic hydroxyl groups excluding tert-OH is 1. The number of rotatable bonds is 5. The molecule has 9 nitrogen and oxygen atoms in total. The molecule has 0 aliphatic rings. The largest absolute Gasteiger partial charge is 0.386 e. The fourth-order valence-corrected chi connectivity index (χ4v) is 2.94. The third-order valence-electron chi connectivity index (χ3n) is 4.35. The molecule has 150 valence electrons. The van der Waals surface area contributed by atoms with Crippen LogP contribution in [0.1, 0.15) is 11.7 Å². The van der Waals surface area contributed by atoms with Crippen LogP contribution in [0.25, 0.3) is 10.9 Å². The summed E-state index contributed by atoms with van der Waals surface area (Å²) in [5.74, 6) is -3.21. The quantitative estimate of drug-likeness (QED) is 0.343. The van der Waals surface area contributed by atoms with Gasteiger partial charge in [0.05, 0.1) is 11.0 Å². The highest BCUT2D eigenvalue weighted by molar-refractivity contribution is 6.39. The summed E-state index contributed by atoms with van der Waals surface area (Å²) in [7, 11) is 1.83. The van der Waals surface area contributed by atoms with Crippen molar-refractivity contribution in [1.82, 2.24) is 9.88 Å². The summed E-state index contributed by atoms with van der Waals surface area (Å²) < 4.78 is 15.2. The zero-order valence-corrected chi connectivity index (χ0v) is 15.3. The number of nitrogens with one attached hydrogen (secondary N) is 2. The summed E-state index contributed by atoms with van der Waals surface area (Å²) >= 11 is 0. The number of aryl methyl sites for hydroxylation is 1. The van der Waals surface area contributed by atoms with Gasteiger partial charge in [0.15, 0.2) is 0 Å². The van der Waals surface area contributed by atoms with E-state index in [1.165, 1.54) is 0 Å². The lowest BCUT2D eigenvalue weighted by Gasteiger charge is -2.11. The molecule has 2 aromatic carbocycles. The van der Waals surface area contributed by atoms with Crippen LogP contribution in [0, 0.1) is 15.9 Å². The molecule has 1 atom stereocenters. The predicted octanol–water partition coefficient (Wildman–Crippen LogP) is 2.01. The number of aliphatic hydroxyl groups is 1. The summed E-state index contributed by atoms with van der Waals surface area (Å²) in [4.78, 5) is 33.8. The Morgan fingerprint density at radius 3 is 2.69 bits per heavy atom. The van der Waals surface area contributed by atoms with Gasteiger partial charge in [-0.25, -0.2) is 0 Å². The molecule has 0 bridgehead atoms. The number of nitro groups is 1. The molecule has 1 unspecified atom stereocenters. The van der Waals surface area contributed by atoms with Gasteiger partial charge in [-0.3, -0.25) is 19.7 Å². The lowest BCUT2D eigenvalue weighted by molar-refractivity contribution is -0.387. The molecule has 1 aromatic heterocycles. The topological polar surface area (TPSA) is 126 Å². The second-order valence-electron chi connectivity index (χ2n) is 6.32. The number of aromatic nitrogens is 1. The lowest BCUT2D eigenvalue weighted by atomic mass is 10.1. The highest BCUT2D eigenvalue weighted by atomic mass is 19.1. The number of fused-ring (bicyclic) bond motifs is 1. The summed E-state index contributed by atoms with van der Waals surface area (Å²) in [6.07, 6.45) is 0.684. The summed E-state index contributed by atoms with van der Waals surface area (Å²) in [5.41, 5.74) is 0.573. The Labute approximate surface area is 163 Å². The molecular weight excluding hydrogens is 383 g/mol. The van der Waals surface area contributed by atoms with Crippen LogP contribution in [-0.4, -0.2) is 33.0 Å². The van der Waals surface area contributed by atoms with Gasteiger partial charge < -0.3 is 20.3 Å². The normalized spacial score (nSPS) is 11.8. The van der Waals surface area contributed by atoms with Crippen LogP contribution in [-0.2, 0) is 16.6 Å². The van der Waals surface area contributed by atoms with Crippen LogP contribution < -0.4 is 10.6 Å². The Hall–Kier alpha value is -3.79. The lowest BCUT2D eigenvalue weighted by Crippen LogP contribution is -2.37. The zero-order chi connectivity index (χ0) is 21.1. The molecule has 2 amide bonds. The first kappa shape index (κ1) is 20.0. The predicted molar refractivity (Wildman–Crippen MR) is 103 cm³/mol. The van der Waals surface area contributed by atoms with Crippen molar-refractivity contribution < 1.29 is 24.0 Å². The van der Waals surface area contributed by atoms with E-state index in [0.717, 1.165) is 29.1 Å². The smallest absolute Gasteiger partial charge is 0.313 e. The number of hydrogen-bond donors (Lipinski definition) is 3. The van der Waals surface area contributed by atoms with Crippen molar-refractivity contribution in [1.29, 1.82) is 0 Å². The average molecular weight is 400 g/mol. The highest BCUT2D eigenvalue weighted by Crippen LogP contribution is 2.25. The zero-order valence-electron chi connectivity index (χ0n) is 15.3. The molecule has 1 heterocycles. The Morgan fingerprint density at radius 2 is 1.97 bits per heavy atom. The first-order valence-corrected chi connectivity index (χ1v) is 8.53. The minimum absolute atomic E-state index is 0.104. The average Bonchev–Trinajstić information content (AvgIpc) is 3.04. The summed E-state index contributed by atoms with van der Waals surface area (Å²) in [6.45, 7) is -0.218. The van der Waals surface area contributed by atoms with E-state index in [9.17, 15) is 29.2 Å². The van der Waals surface area contributed by atoms with Gasteiger partial charge in [-0.05, 0) is 18.2 Å². The molecule has 0 radical (unpaired) electrons. The Balaban J connectivity index is 1.63. The minimum atomic E-state index is -1.10. The van der Waals surface area contributed by atoms with Gasteiger partial charge in [-0.15, -0.1) is 0 Å². The van der Waals surface area contributed by atoms with Gasteiger partial charge in [-0.1, -0.05) is 18.2 Å². The van der Waals surface area contributed by atoms with Crippen LogP contribution in [0.3, 0.4) is 0 Å². The molecule has 0 fully saturated rings. The van der Waals surface area contributed by atoms with Crippen LogP contribution in [0.15, 0.2) is 48.7 Å². The van der Waals surface area contributed by atoms with Gasteiger partial charge in [-0.2, -0.15) is 4.39 Å². The van der Waals surface area contributed by atoms with E-state index in [1.54, 1.807) is 6.20 Å². The second kappa shape index (κ2) is 8.07. The van der Waals surface area contributed by atoms with Crippen LogP contribution >= 0.6 is 0 Å². The molecule has 0 spiro atoms. The van der Waals surface area contributed by atoms with Crippen LogP contribution in [0.5, 0.6) is 0 Å². The number of carbonyl (C=O) groups is 2. The minimum Gasteiger partial charge on any atom is -0.386 e. The summed E-state index contributed by atoms with van der Waals surface area (Å²) in [5, 5.41) is 26.4. The molecule has 3 aromatic rings. The van der Waals surface area contributed by atoms with Gasteiger partial charge in [0.25, 0.3) is 0 Å². The SMILES string of the molecule is Cn1cc(C(O)CNC(=O)C(=O)Nc2ccc(F)c([N+](=O)[O-])c2)c2ccccc21. The van der Waals surface area contributed by atoms with Crippen molar-refractivity contribution in [2.24, 2.45) is 7.05 Å². The standard InChI is InChI=1S/C19H17FN4O5/c1-23-10-13(12-4-2-3-5-15(12)23)17(25)9-21-18(26)19(27)22-11-6-7-14(20)16(8-11)24(28)29/h2-8,10,17,25H,9H2,1H3,(H,21,26)(H,22,27). The maximum Gasteiger partial charge on any atom is 0.313 e. The molecule has 3 rings (SSSR count). The maximum absolute atomic E-state index is 13.3. The monoisotopic (exact) mass is 400 g/mol. The molecule has 0 saturated carbocycles. The molecule has 29 heavy (non-hydrogen) atoms. The fraction of sp³-hybridized carbons (Fsp3) is 0.158. The van der Waals surface area contributed by atoms with Crippen molar-refractivity contribution in [3.8, 4) is 0 Å². The van der Waals surface area contributed by atoms with Crippen LogP contribution in [0.2, 0.25) is 0 Å². The number of carbonyl (C=O) groups excluding carboxylic acids is 2. The van der Waals surface area contributed by atoms with Gasteiger partial charge in [0.2, 0.25) is 5.82 Å². The maximum atomic E-state index is 13.3. The highest BCUT2D eigenvalue weighted by Gasteiger charge is 2.20. The number of benzene rings is 2. The molecule has 0 saturated heterocycles. The van der Waals surface area contributed by atoms with E-state index in [-0.39, 0.29) is 12.2 Å². The first-order valence-electron chi connectivity index (χ1n) is 8.53. The summed E-state index contributed by atoms with van der Waals surface area (Å²) in [6, 6.07) is 10.1. The van der Waals surface area contributed by atoms with Crippen molar-refractivity contribution in [2.45, 2.75) is 6.10 Å². The molecule has 10 heteroatoms. The van der Waals surface area contributed by atoms with E-state index in [1.807, 2.05) is 35.9 Å². The Kier molecular flexibility index (Phi) is 5.55. The van der Waals surface area contributed by atoms with E-state index in [0.29, 0.717) is 5.56 Å². The fourth-order valence-electron chi connectivity index (χ4n) is 2.94. The van der Waals surface area contributed by atoms with Crippen molar-refractivity contribution in [2.75, 3.05) is 11.9 Å². The number of anilines is 1. The molecular formula is C19H17FN4O5.